The van der Waals surface area contributed by atoms with E-state index in [1.807, 2.05) is 38.1 Å². The van der Waals surface area contributed by atoms with Crippen LogP contribution in [0.1, 0.15) is 47.0 Å². The molecule has 0 aliphatic rings. The molecule has 37 heavy (non-hydrogen) atoms. The van der Waals surface area contributed by atoms with Gasteiger partial charge in [0.25, 0.3) is 0 Å². The molecule has 2 aromatic rings. The second-order valence-electron chi connectivity index (χ2n) is 9.49. The highest BCUT2D eigenvalue weighted by Gasteiger charge is 2.32. The molecule has 0 saturated heterocycles. The number of pyridine rings is 1. The van der Waals surface area contributed by atoms with Crippen molar-refractivity contribution in [2.45, 2.75) is 59.0 Å². The first kappa shape index (κ1) is 31.5. The topological polar surface area (TPSA) is 102 Å². The molecule has 1 heterocycles. The van der Waals surface area contributed by atoms with Crippen LogP contribution in [0, 0.1) is 5.92 Å². The lowest BCUT2D eigenvalue weighted by Crippen LogP contribution is -2.38. The fraction of sp³-hybridized carbons (Fsp3) is 0.615. The number of carbonyl (C=O) groups excluding carboxylic acids is 1. The number of methoxy groups -OCH3 is 1. The Kier molecular flexibility index (Phi) is 13.3. The summed E-state index contributed by atoms with van der Waals surface area (Å²) < 4.78 is 28.6. The van der Waals surface area contributed by atoms with Gasteiger partial charge in [0.15, 0.2) is 0 Å². The molecular formula is C26H42ClN4O5P. The monoisotopic (exact) mass is 556 g/mol. The van der Waals surface area contributed by atoms with Crippen molar-refractivity contribution in [3.63, 3.8) is 0 Å². The summed E-state index contributed by atoms with van der Waals surface area (Å²) in [5, 5.41) is 8.05. The average molecular weight is 557 g/mol. The summed E-state index contributed by atoms with van der Waals surface area (Å²) in [5.74, 6) is -0.291. The first-order valence-electron chi connectivity index (χ1n) is 12.8. The summed E-state index contributed by atoms with van der Waals surface area (Å²) in [4.78, 5) is 18.7. The minimum atomic E-state index is -3.65. The second-order valence-corrected chi connectivity index (χ2v) is 11.8. The van der Waals surface area contributed by atoms with Crippen molar-refractivity contribution in [2.75, 3.05) is 45.8 Å². The quantitative estimate of drug-likeness (QED) is 0.186. The molecule has 1 aromatic carbocycles. The third kappa shape index (κ3) is 10.5. The van der Waals surface area contributed by atoms with E-state index in [0.29, 0.717) is 18.0 Å². The van der Waals surface area contributed by atoms with Crippen molar-refractivity contribution < 1.29 is 23.1 Å². The number of nitrogens with zero attached hydrogens (tertiary/aromatic N) is 2. The third-order valence-electron chi connectivity index (χ3n) is 6.08. The summed E-state index contributed by atoms with van der Waals surface area (Å²) in [6.45, 7) is 10.7. The molecule has 2 N–H and O–H groups in total. The largest absolute Gasteiger partial charge is 0.468 e. The van der Waals surface area contributed by atoms with Crippen LogP contribution in [-0.2, 0) is 23.1 Å². The molecule has 0 spiro atoms. The molecule has 11 heteroatoms. The Hall–Kier alpha value is -1.74. The van der Waals surface area contributed by atoms with Gasteiger partial charge in [-0.05, 0) is 69.5 Å². The normalized spacial score (nSPS) is 15.1. The minimum absolute atomic E-state index is 0.199. The number of carbonyl (C=O) groups is 1. The fourth-order valence-electron chi connectivity index (χ4n) is 4.07. The molecule has 0 fully saturated rings. The van der Waals surface area contributed by atoms with E-state index < -0.39 is 19.8 Å². The predicted octanol–water partition coefficient (Wildman–Crippen LogP) is 5.74. The van der Waals surface area contributed by atoms with Gasteiger partial charge in [0.05, 0.1) is 19.2 Å². The number of benzene rings is 1. The zero-order valence-electron chi connectivity index (χ0n) is 22.8. The number of anilines is 1. The molecule has 0 aliphatic carbocycles. The lowest BCUT2D eigenvalue weighted by Gasteiger charge is -2.26. The maximum atomic E-state index is 13.1. The van der Waals surface area contributed by atoms with Crippen LogP contribution in [0.25, 0.3) is 10.9 Å². The Morgan fingerprint density at radius 3 is 2.59 bits per heavy atom. The van der Waals surface area contributed by atoms with Crippen molar-refractivity contribution in [3.8, 4) is 0 Å². The van der Waals surface area contributed by atoms with Gasteiger partial charge >= 0.3 is 13.7 Å². The first-order valence-corrected chi connectivity index (χ1v) is 14.7. The maximum absolute atomic E-state index is 13.1. The highest BCUT2D eigenvalue weighted by Crippen LogP contribution is 2.43. The summed E-state index contributed by atoms with van der Waals surface area (Å²) >= 11 is 6.10. The van der Waals surface area contributed by atoms with Gasteiger partial charge in [0.1, 0.15) is 6.04 Å². The number of rotatable bonds is 17. The van der Waals surface area contributed by atoms with Crippen LogP contribution in [-0.4, -0.2) is 68.4 Å². The number of fused-ring (bicyclic) bond motifs is 1. The van der Waals surface area contributed by atoms with Gasteiger partial charge < -0.3 is 19.5 Å². The van der Waals surface area contributed by atoms with Crippen LogP contribution in [0.4, 0.5) is 5.69 Å². The number of esters is 1. The molecule has 0 saturated carbocycles. The molecule has 0 aliphatic heterocycles. The van der Waals surface area contributed by atoms with Crippen LogP contribution < -0.4 is 10.4 Å². The summed E-state index contributed by atoms with van der Waals surface area (Å²) in [6.07, 6.45) is 4.20. The van der Waals surface area contributed by atoms with Crippen molar-refractivity contribution in [2.24, 2.45) is 5.92 Å². The van der Waals surface area contributed by atoms with Gasteiger partial charge in [-0.15, -0.1) is 0 Å². The average Bonchev–Trinajstić information content (AvgIpc) is 2.86. The highest BCUT2D eigenvalue weighted by atomic mass is 35.5. The standard InChI is InChI=1S/C26H42ClN4O5P/c1-7-31(15-16-36-37(33,35-6)30-25(17-19(2)3)26(32)34-5)14-8-9-20(4)29-23-12-13-28-24-18-21(27)10-11-22(23)24/h10-13,18-20,25H,7-9,14-17H2,1-6H3,(H,28,29)(H,30,33)/t20-,25+,37?/m1/s1. The van der Waals surface area contributed by atoms with Crippen LogP contribution in [0.3, 0.4) is 0 Å². The molecule has 0 amide bonds. The molecule has 0 bridgehead atoms. The maximum Gasteiger partial charge on any atom is 0.406 e. The van der Waals surface area contributed by atoms with Gasteiger partial charge in [0.2, 0.25) is 0 Å². The Labute approximate surface area is 226 Å². The van der Waals surface area contributed by atoms with Crippen LogP contribution >= 0.6 is 19.3 Å². The number of hydrogen-bond donors (Lipinski definition) is 2. The SMILES string of the molecule is CCN(CCC[C@@H](C)Nc1ccnc2cc(Cl)ccc12)CCOP(=O)(N[C@@H](CC(C)C)C(=O)OC)OC. The Morgan fingerprint density at radius 1 is 1.19 bits per heavy atom. The van der Waals surface area contributed by atoms with E-state index in [-0.39, 0.29) is 18.6 Å². The van der Waals surface area contributed by atoms with E-state index in [9.17, 15) is 9.36 Å². The zero-order valence-corrected chi connectivity index (χ0v) is 24.5. The third-order valence-corrected chi connectivity index (χ3v) is 7.95. The highest BCUT2D eigenvalue weighted by molar-refractivity contribution is 7.51. The van der Waals surface area contributed by atoms with Crippen molar-refractivity contribution in [1.82, 2.24) is 15.0 Å². The summed E-state index contributed by atoms with van der Waals surface area (Å²) in [6, 6.07) is 7.22. The number of halogens is 1. The van der Waals surface area contributed by atoms with Crippen LogP contribution in [0.2, 0.25) is 5.02 Å². The minimum Gasteiger partial charge on any atom is -0.468 e. The van der Waals surface area contributed by atoms with Gasteiger partial charge in [-0.3, -0.25) is 14.3 Å². The first-order chi connectivity index (χ1) is 17.6. The molecule has 1 aromatic heterocycles. The van der Waals surface area contributed by atoms with E-state index in [2.05, 4.69) is 34.1 Å². The second kappa shape index (κ2) is 15.6. The molecule has 208 valence electrons. The van der Waals surface area contributed by atoms with Crippen LogP contribution in [0.5, 0.6) is 0 Å². The lowest BCUT2D eigenvalue weighted by atomic mass is 10.1. The molecule has 9 nitrogen and oxygen atoms in total. The molecular weight excluding hydrogens is 515 g/mol. The molecule has 0 radical (unpaired) electrons. The van der Waals surface area contributed by atoms with Gasteiger partial charge in [-0.25, -0.2) is 9.65 Å². The molecule has 1 unspecified atom stereocenters. The number of ether oxygens (including phenoxy) is 1. The van der Waals surface area contributed by atoms with Crippen molar-refractivity contribution >= 4 is 41.9 Å². The van der Waals surface area contributed by atoms with E-state index in [1.165, 1.54) is 14.2 Å². The van der Waals surface area contributed by atoms with Crippen molar-refractivity contribution in [3.05, 3.63) is 35.5 Å². The molecule has 3 atom stereocenters. The van der Waals surface area contributed by atoms with E-state index in [0.717, 1.165) is 42.5 Å². The van der Waals surface area contributed by atoms with Crippen molar-refractivity contribution in [1.29, 1.82) is 0 Å². The number of aromatic nitrogens is 1. The number of hydrogen-bond acceptors (Lipinski definition) is 8. The van der Waals surface area contributed by atoms with Crippen LogP contribution in [0.15, 0.2) is 30.5 Å². The van der Waals surface area contributed by atoms with E-state index >= 15 is 0 Å². The summed E-state index contributed by atoms with van der Waals surface area (Å²) in [5.41, 5.74) is 1.91. The van der Waals surface area contributed by atoms with Gasteiger partial charge in [-0.1, -0.05) is 32.4 Å². The lowest BCUT2D eigenvalue weighted by molar-refractivity contribution is -0.143. The van der Waals surface area contributed by atoms with E-state index in [4.69, 9.17) is 25.4 Å². The van der Waals surface area contributed by atoms with E-state index in [1.54, 1.807) is 6.20 Å². The predicted molar refractivity (Wildman–Crippen MR) is 150 cm³/mol. The number of likely N-dealkylation sites (N-methyl/N-ethyl adjacent to an activating group) is 1. The fourth-order valence-corrected chi connectivity index (χ4v) is 5.44. The smallest absolute Gasteiger partial charge is 0.406 e. The Balaban J connectivity index is 1.81. The van der Waals surface area contributed by atoms with Gasteiger partial charge in [-0.2, -0.15) is 0 Å². The molecule has 2 rings (SSSR count). The van der Waals surface area contributed by atoms with Gasteiger partial charge in [0, 0.05) is 42.0 Å². The summed E-state index contributed by atoms with van der Waals surface area (Å²) in [7, 11) is -1.04. The zero-order chi connectivity index (χ0) is 27.4. The Bertz CT molecular complexity index is 1040. The Morgan fingerprint density at radius 2 is 1.95 bits per heavy atom. The number of nitrogens with one attached hydrogen (secondary N) is 2.